The summed E-state index contributed by atoms with van der Waals surface area (Å²) in [4.78, 5) is 10.4. The molecule has 1 rings (SSSR count). The van der Waals surface area contributed by atoms with E-state index in [2.05, 4.69) is 6.58 Å². The number of nitro benzene ring substituents is 1. The summed E-state index contributed by atoms with van der Waals surface area (Å²) >= 11 is 0. The van der Waals surface area contributed by atoms with E-state index in [1.165, 1.54) is 0 Å². The van der Waals surface area contributed by atoms with Gasteiger partial charge in [0, 0.05) is 17.7 Å². The van der Waals surface area contributed by atoms with Gasteiger partial charge in [-0.15, -0.1) is 6.58 Å². The van der Waals surface area contributed by atoms with E-state index >= 15 is 0 Å². The molecule has 0 unspecified atom stereocenters. The number of nitrogens with two attached hydrogens (primary N) is 1. The fourth-order valence-corrected chi connectivity index (χ4v) is 1.55. The smallest absolute Gasteiger partial charge is 0.272 e. The third kappa shape index (κ3) is 2.90. The molecule has 0 radical (unpaired) electrons. The highest BCUT2D eigenvalue weighted by atomic mass is 16.6. The second-order valence-corrected chi connectivity index (χ2v) is 4.07. The molecule has 1 aromatic carbocycles. The summed E-state index contributed by atoms with van der Waals surface area (Å²) in [6, 6.07) is 4.88. The molecule has 0 spiro atoms. The highest BCUT2D eigenvalue weighted by Gasteiger charge is 2.14. The molecule has 0 amide bonds. The molecule has 0 heterocycles. The van der Waals surface area contributed by atoms with E-state index in [0.717, 1.165) is 11.1 Å². The van der Waals surface area contributed by atoms with Gasteiger partial charge in [-0.05, 0) is 25.8 Å². The summed E-state index contributed by atoms with van der Waals surface area (Å²) in [5, 5.41) is 10.8. The van der Waals surface area contributed by atoms with Crippen LogP contribution in [0.4, 0.5) is 5.69 Å². The van der Waals surface area contributed by atoms with E-state index in [4.69, 9.17) is 5.73 Å². The van der Waals surface area contributed by atoms with E-state index in [0.29, 0.717) is 12.0 Å². The Labute approximate surface area is 94.9 Å². The van der Waals surface area contributed by atoms with Crippen molar-refractivity contribution in [2.45, 2.75) is 26.3 Å². The number of hydrogen-bond donors (Lipinski definition) is 1. The van der Waals surface area contributed by atoms with Gasteiger partial charge in [-0.1, -0.05) is 17.7 Å². The quantitative estimate of drug-likeness (QED) is 0.482. The fraction of sp³-hybridized carbons (Fsp3) is 0.333. The fourth-order valence-electron chi connectivity index (χ4n) is 1.55. The third-order valence-corrected chi connectivity index (χ3v) is 2.43. The first-order valence-electron chi connectivity index (χ1n) is 5.06. The predicted octanol–water partition coefficient (Wildman–Crippen LogP) is 2.87. The molecular formula is C12H16N2O2. The highest BCUT2D eigenvalue weighted by molar-refractivity contribution is 5.43. The van der Waals surface area contributed by atoms with Gasteiger partial charge in [0.1, 0.15) is 0 Å². The van der Waals surface area contributed by atoms with Gasteiger partial charge in [-0.2, -0.15) is 0 Å². The molecule has 0 aromatic heterocycles. The minimum Gasteiger partial charge on any atom is -0.324 e. The third-order valence-electron chi connectivity index (χ3n) is 2.43. The lowest BCUT2D eigenvalue weighted by molar-refractivity contribution is -0.385. The molecule has 1 aromatic rings. The Morgan fingerprint density at radius 1 is 1.62 bits per heavy atom. The van der Waals surface area contributed by atoms with E-state index in [9.17, 15) is 10.1 Å². The molecule has 0 aliphatic carbocycles. The van der Waals surface area contributed by atoms with Gasteiger partial charge in [0.2, 0.25) is 0 Å². The zero-order valence-electron chi connectivity index (χ0n) is 9.56. The zero-order valence-corrected chi connectivity index (χ0v) is 9.56. The Hall–Kier alpha value is -1.68. The molecule has 0 aliphatic heterocycles. The normalized spacial score (nSPS) is 12.2. The molecular weight excluding hydrogens is 204 g/mol. The average Bonchev–Trinajstić information content (AvgIpc) is 2.16. The molecule has 0 aliphatic rings. The zero-order chi connectivity index (χ0) is 12.3. The summed E-state index contributed by atoms with van der Waals surface area (Å²) in [6.07, 6.45) is 0.639. The van der Waals surface area contributed by atoms with E-state index in [1.54, 1.807) is 19.1 Å². The van der Waals surface area contributed by atoms with Crippen molar-refractivity contribution in [1.29, 1.82) is 0 Å². The lowest BCUT2D eigenvalue weighted by Crippen LogP contribution is -2.11. The van der Waals surface area contributed by atoms with Crippen molar-refractivity contribution < 1.29 is 4.92 Å². The summed E-state index contributed by atoms with van der Waals surface area (Å²) in [5.41, 5.74) is 8.45. The Morgan fingerprint density at radius 2 is 2.25 bits per heavy atom. The summed E-state index contributed by atoms with van der Waals surface area (Å²) < 4.78 is 0. The lowest BCUT2D eigenvalue weighted by atomic mass is 9.99. The largest absolute Gasteiger partial charge is 0.324 e. The Balaban J connectivity index is 3.02. The van der Waals surface area contributed by atoms with Crippen LogP contribution < -0.4 is 5.73 Å². The van der Waals surface area contributed by atoms with Gasteiger partial charge in [0.25, 0.3) is 5.69 Å². The summed E-state index contributed by atoms with van der Waals surface area (Å²) in [5.74, 6) is 0. The Kier molecular flexibility index (Phi) is 3.79. The van der Waals surface area contributed by atoms with Crippen LogP contribution in [0.15, 0.2) is 30.4 Å². The van der Waals surface area contributed by atoms with Crippen molar-refractivity contribution in [3.8, 4) is 0 Å². The maximum atomic E-state index is 10.8. The van der Waals surface area contributed by atoms with Crippen LogP contribution in [0.25, 0.3) is 0 Å². The summed E-state index contributed by atoms with van der Waals surface area (Å²) in [7, 11) is 0. The molecule has 0 bridgehead atoms. The van der Waals surface area contributed by atoms with Crippen LogP contribution in [0.5, 0.6) is 0 Å². The first kappa shape index (κ1) is 12.4. The number of hydrogen-bond acceptors (Lipinski definition) is 3. The summed E-state index contributed by atoms with van der Waals surface area (Å²) in [6.45, 7) is 7.39. The van der Waals surface area contributed by atoms with Crippen molar-refractivity contribution >= 4 is 5.69 Å². The minimum atomic E-state index is -0.383. The number of nitro groups is 1. The number of aryl methyl sites for hydroxylation is 1. The standard InChI is InChI=1S/C12H16N2O2/c1-8(2)6-11(13)10-5-4-9(3)12(7-10)14(15)16/h4-5,7,11H,1,6,13H2,2-3H3/t11-/m0/s1. The van der Waals surface area contributed by atoms with Crippen molar-refractivity contribution in [1.82, 2.24) is 0 Å². The Morgan fingerprint density at radius 3 is 2.75 bits per heavy atom. The monoisotopic (exact) mass is 220 g/mol. The molecule has 4 nitrogen and oxygen atoms in total. The molecule has 1 atom stereocenters. The van der Waals surface area contributed by atoms with Crippen LogP contribution in [-0.4, -0.2) is 4.92 Å². The molecule has 0 fully saturated rings. The van der Waals surface area contributed by atoms with Gasteiger partial charge in [0.15, 0.2) is 0 Å². The van der Waals surface area contributed by atoms with E-state index in [1.807, 2.05) is 13.0 Å². The van der Waals surface area contributed by atoms with Gasteiger partial charge < -0.3 is 5.73 Å². The molecule has 86 valence electrons. The van der Waals surface area contributed by atoms with Crippen LogP contribution in [0.3, 0.4) is 0 Å². The second kappa shape index (κ2) is 4.90. The number of nitrogens with zero attached hydrogens (tertiary/aromatic N) is 1. The molecule has 4 heteroatoms. The van der Waals surface area contributed by atoms with Crippen LogP contribution in [0.2, 0.25) is 0 Å². The lowest BCUT2D eigenvalue weighted by Gasteiger charge is -2.12. The Bertz CT molecular complexity index is 427. The van der Waals surface area contributed by atoms with Gasteiger partial charge in [-0.25, -0.2) is 0 Å². The van der Waals surface area contributed by atoms with Crippen LogP contribution in [-0.2, 0) is 0 Å². The first-order chi connectivity index (χ1) is 7.41. The minimum absolute atomic E-state index is 0.120. The topological polar surface area (TPSA) is 69.2 Å². The van der Waals surface area contributed by atoms with E-state index < -0.39 is 0 Å². The maximum Gasteiger partial charge on any atom is 0.272 e. The molecule has 0 saturated heterocycles. The number of rotatable bonds is 4. The first-order valence-corrected chi connectivity index (χ1v) is 5.06. The predicted molar refractivity (Wildman–Crippen MR) is 64.2 cm³/mol. The second-order valence-electron chi connectivity index (χ2n) is 4.07. The molecule has 2 N–H and O–H groups in total. The van der Waals surface area contributed by atoms with Crippen LogP contribution in [0, 0.1) is 17.0 Å². The number of benzene rings is 1. The maximum absolute atomic E-state index is 10.8. The van der Waals surface area contributed by atoms with Crippen LogP contribution >= 0.6 is 0 Å². The van der Waals surface area contributed by atoms with Crippen molar-refractivity contribution in [2.24, 2.45) is 5.73 Å². The SMILES string of the molecule is C=C(C)C[C@H](N)c1ccc(C)c([N+](=O)[O-])c1. The van der Waals surface area contributed by atoms with Gasteiger partial charge in [0.05, 0.1) is 4.92 Å². The van der Waals surface area contributed by atoms with Gasteiger partial charge in [-0.3, -0.25) is 10.1 Å². The average molecular weight is 220 g/mol. The van der Waals surface area contributed by atoms with Crippen LogP contribution in [0.1, 0.15) is 30.5 Å². The van der Waals surface area contributed by atoms with Crippen molar-refractivity contribution in [3.05, 3.63) is 51.6 Å². The van der Waals surface area contributed by atoms with E-state index in [-0.39, 0.29) is 16.7 Å². The molecule has 16 heavy (non-hydrogen) atoms. The highest BCUT2D eigenvalue weighted by Crippen LogP contribution is 2.24. The van der Waals surface area contributed by atoms with Gasteiger partial charge >= 0.3 is 0 Å². The molecule has 0 saturated carbocycles. The van der Waals surface area contributed by atoms with Crippen molar-refractivity contribution in [3.63, 3.8) is 0 Å². The van der Waals surface area contributed by atoms with Crippen molar-refractivity contribution in [2.75, 3.05) is 0 Å².